The molecule has 1 N–H and O–H groups in total. The Bertz CT molecular complexity index is 644. The number of halogens is 1. The van der Waals surface area contributed by atoms with Crippen LogP contribution in [0.1, 0.15) is 16.8 Å². The molecule has 21 heavy (non-hydrogen) atoms. The first-order valence-electron chi connectivity index (χ1n) is 6.62. The van der Waals surface area contributed by atoms with E-state index >= 15 is 0 Å². The van der Waals surface area contributed by atoms with Gasteiger partial charge >= 0.3 is 0 Å². The van der Waals surface area contributed by atoms with Gasteiger partial charge in [0.1, 0.15) is 11.5 Å². The van der Waals surface area contributed by atoms with Crippen molar-refractivity contribution < 1.29 is 9.47 Å². The number of aromatic nitrogens is 1. The smallest absolute Gasteiger partial charge is 0.128 e. The zero-order chi connectivity index (χ0) is 15.4. The number of hydrogen-bond donors (Lipinski definition) is 1. The minimum Gasteiger partial charge on any atom is -0.497 e. The van der Waals surface area contributed by atoms with Gasteiger partial charge < -0.3 is 14.8 Å². The van der Waals surface area contributed by atoms with E-state index in [-0.39, 0.29) is 0 Å². The van der Waals surface area contributed by atoms with Crippen LogP contribution in [0.25, 0.3) is 0 Å². The van der Waals surface area contributed by atoms with Gasteiger partial charge in [-0.05, 0) is 26.0 Å². The number of nitrogens with one attached hydrogen (secondary N) is 1. The van der Waals surface area contributed by atoms with E-state index in [4.69, 9.17) is 9.47 Å². The highest BCUT2D eigenvalue weighted by Crippen LogP contribution is 2.27. The van der Waals surface area contributed by atoms with Crippen LogP contribution in [0, 0.1) is 13.8 Å². The van der Waals surface area contributed by atoms with Crippen molar-refractivity contribution in [2.24, 2.45) is 0 Å². The lowest BCUT2D eigenvalue weighted by Gasteiger charge is -2.14. The highest BCUT2D eigenvalue weighted by Gasteiger charge is 2.09. The largest absolute Gasteiger partial charge is 0.497 e. The molecule has 0 bridgehead atoms. The molecule has 1 heterocycles. The number of anilines is 1. The molecule has 1 aromatic carbocycles. The van der Waals surface area contributed by atoms with Gasteiger partial charge in [0.05, 0.1) is 26.5 Å². The third-order valence-electron chi connectivity index (χ3n) is 3.32. The van der Waals surface area contributed by atoms with Crippen molar-refractivity contribution in [1.82, 2.24) is 4.98 Å². The standard InChI is InChI=1S/C16H19BrN2O2/c1-10-8-19-15(11(2)16(10)21-4)9-18-13-5-12(17)6-14(7-13)20-3/h5-8,18H,9H2,1-4H3. The fourth-order valence-electron chi connectivity index (χ4n) is 2.22. The topological polar surface area (TPSA) is 43.4 Å². The summed E-state index contributed by atoms with van der Waals surface area (Å²) in [6.45, 7) is 4.65. The fourth-order valence-corrected chi connectivity index (χ4v) is 2.69. The van der Waals surface area contributed by atoms with Crippen LogP contribution in [0.3, 0.4) is 0 Å². The Morgan fingerprint density at radius 3 is 2.57 bits per heavy atom. The van der Waals surface area contributed by atoms with E-state index in [0.29, 0.717) is 6.54 Å². The van der Waals surface area contributed by atoms with Crippen molar-refractivity contribution in [2.45, 2.75) is 20.4 Å². The lowest BCUT2D eigenvalue weighted by atomic mass is 10.1. The number of methoxy groups -OCH3 is 2. The van der Waals surface area contributed by atoms with Crippen LogP contribution in [-0.4, -0.2) is 19.2 Å². The molecule has 2 rings (SSSR count). The summed E-state index contributed by atoms with van der Waals surface area (Å²) in [6.07, 6.45) is 1.84. The highest BCUT2D eigenvalue weighted by molar-refractivity contribution is 9.10. The normalized spacial score (nSPS) is 10.3. The highest BCUT2D eigenvalue weighted by atomic mass is 79.9. The Balaban J connectivity index is 2.19. The van der Waals surface area contributed by atoms with Crippen molar-refractivity contribution >= 4 is 21.6 Å². The van der Waals surface area contributed by atoms with Crippen molar-refractivity contribution in [3.63, 3.8) is 0 Å². The summed E-state index contributed by atoms with van der Waals surface area (Å²) in [5, 5.41) is 3.36. The number of nitrogens with zero attached hydrogens (tertiary/aromatic N) is 1. The van der Waals surface area contributed by atoms with E-state index in [1.54, 1.807) is 14.2 Å². The summed E-state index contributed by atoms with van der Waals surface area (Å²) in [4.78, 5) is 4.48. The molecule has 0 saturated heterocycles. The van der Waals surface area contributed by atoms with Gasteiger partial charge in [0.2, 0.25) is 0 Å². The van der Waals surface area contributed by atoms with Crippen LogP contribution in [0.2, 0.25) is 0 Å². The van der Waals surface area contributed by atoms with Crippen LogP contribution >= 0.6 is 15.9 Å². The summed E-state index contributed by atoms with van der Waals surface area (Å²) in [5.41, 5.74) is 4.05. The minimum atomic E-state index is 0.627. The lowest BCUT2D eigenvalue weighted by Crippen LogP contribution is -2.06. The molecule has 2 aromatic rings. The van der Waals surface area contributed by atoms with Crippen LogP contribution in [0.15, 0.2) is 28.9 Å². The number of benzene rings is 1. The van der Waals surface area contributed by atoms with E-state index in [1.807, 2.05) is 38.2 Å². The van der Waals surface area contributed by atoms with Gasteiger partial charge in [-0.25, -0.2) is 0 Å². The van der Waals surface area contributed by atoms with Crippen molar-refractivity contribution in [2.75, 3.05) is 19.5 Å². The van der Waals surface area contributed by atoms with E-state index in [1.165, 1.54) is 0 Å². The monoisotopic (exact) mass is 350 g/mol. The van der Waals surface area contributed by atoms with Gasteiger partial charge in [-0.2, -0.15) is 0 Å². The van der Waals surface area contributed by atoms with Gasteiger partial charge in [0.15, 0.2) is 0 Å². The summed E-state index contributed by atoms with van der Waals surface area (Å²) in [6, 6.07) is 5.87. The number of aryl methyl sites for hydroxylation is 1. The molecule has 0 atom stereocenters. The average molecular weight is 351 g/mol. The quantitative estimate of drug-likeness (QED) is 0.881. The molecule has 0 radical (unpaired) electrons. The maximum absolute atomic E-state index is 5.43. The van der Waals surface area contributed by atoms with Crippen molar-refractivity contribution in [3.8, 4) is 11.5 Å². The zero-order valence-corrected chi connectivity index (χ0v) is 14.2. The second-order valence-electron chi connectivity index (χ2n) is 4.78. The van der Waals surface area contributed by atoms with Crippen molar-refractivity contribution in [3.05, 3.63) is 45.7 Å². The third kappa shape index (κ3) is 3.67. The molecule has 0 unspecified atom stereocenters. The molecular weight excluding hydrogens is 332 g/mol. The van der Waals surface area contributed by atoms with Gasteiger partial charge in [0, 0.05) is 33.6 Å². The number of hydrogen-bond acceptors (Lipinski definition) is 4. The Morgan fingerprint density at radius 2 is 1.90 bits per heavy atom. The molecule has 0 aliphatic carbocycles. The molecule has 0 fully saturated rings. The van der Waals surface area contributed by atoms with E-state index in [9.17, 15) is 0 Å². The first-order valence-corrected chi connectivity index (χ1v) is 7.42. The number of ether oxygens (including phenoxy) is 2. The lowest BCUT2D eigenvalue weighted by molar-refractivity contribution is 0.407. The summed E-state index contributed by atoms with van der Waals surface area (Å²) >= 11 is 3.47. The molecular formula is C16H19BrN2O2. The van der Waals surface area contributed by atoms with Gasteiger partial charge in [-0.1, -0.05) is 15.9 Å². The second kappa shape index (κ2) is 6.80. The first-order chi connectivity index (χ1) is 10.0. The van der Waals surface area contributed by atoms with E-state index < -0.39 is 0 Å². The molecule has 0 aliphatic rings. The molecule has 5 heteroatoms. The number of rotatable bonds is 5. The maximum atomic E-state index is 5.43. The zero-order valence-electron chi connectivity index (χ0n) is 12.7. The molecule has 0 spiro atoms. The Kier molecular flexibility index (Phi) is 5.07. The van der Waals surface area contributed by atoms with Crippen molar-refractivity contribution in [1.29, 1.82) is 0 Å². The average Bonchev–Trinajstić information content (AvgIpc) is 2.46. The molecule has 112 valence electrons. The Hall–Kier alpha value is -1.75. The predicted molar refractivity (Wildman–Crippen MR) is 88.3 cm³/mol. The van der Waals surface area contributed by atoms with Crippen LogP contribution in [0.5, 0.6) is 11.5 Å². The van der Waals surface area contributed by atoms with E-state index in [0.717, 1.165) is 38.5 Å². The molecule has 0 saturated carbocycles. The molecule has 0 aliphatic heterocycles. The molecule has 4 nitrogen and oxygen atoms in total. The van der Waals surface area contributed by atoms with Gasteiger partial charge in [-0.15, -0.1) is 0 Å². The molecule has 0 amide bonds. The fraction of sp³-hybridized carbons (Fsp3) is 0.312. The summed E-state index contributed by atoms with van der Waals surface area (Å²) < 4.78 is 11.7. The van der Waals surface area contributed by atoms with E-state index in [2.05, 4.69) is 26.2 Å². The van der Waals surface area contributed by atoms with Gasteiger partial charge in [0.25, 0.3) is 0 Å². The van der Waals surface area contributed by atoms with Crippen LogP contribution in [0.4, 0.5) is 5.69 Å². The van der Waals surface area contributed by atoms with Crippen LogP contribution < -0.4 is 14.8 Å². The number of pyridine rings is 1. The minimum absolute atomic E-state index is 0.627. The Labute approximate surface area is 133 Å². The second-order valence-corrected chi connectivity index (χ2v) is 5.70. The SMILES string of the molecule is COc1cc(Br)cc(NCc2ncc(C)c(OC)c2C)c1. The van der Waals surface area contributed by atoms with Gasteiger partial charge in [-0.3, -0.25) is 4.98 Å². The van der Waals surface area contributed by atoms with Crippen LogP contribution in [-0.2, 0) is 6.54 Å². The summed E-state index contributed by atoms with van der Waals surface area (Å²) in [7, 11) is 3.34. The molecule has 1 aromatic heterocycles. The predicted octanol–water partition coefficient (Wildman–Crippen LogP) is 4.09. The third-order valence-corrected chi connectivity index (χ3v) is 3.77. The maximum Gasteiger partial charge on any atom is 0.128 e. The first kappa shape index (κ1) is 15.6. The summed E-state index contributed by atoms with van der Waals surface area (Å²) in [5.74, 6) is 1.70. The Morgan fingerprint density at radius 1 is 1.14 bits per heavy atom.